The minimum Gasteiger partial charge on any atom is -0.492 e. The van der Waals surface area contributed by atoms with Crippen molar-refractivity contribution >= 4 is 15.9 Å². The van der Waals surface area contributed by atoms with Crippen LogP contribution < -0.4 is 10.1 Å². The summed E-state index contributed by atoms with van der Waals surface area (Å²) in [7, 11) is -4.15. The summed E-state index contributed by atoms with van der Waals surface area (Å²) in [6.45, 7) is 2.75. The molecule has 9 heteroatoms. The van der Waals surface area contributed by atoms with Gasteiger partial charge in [0.05, 0.1) is 6.54 Å². The molecule has 1 fully saturated rings. The van der Waals surface area contributed by atoms with E-state index in [1.807, 2.05) is 31.2 Å². The van der Waals surface area contributed by atoms with Gasteiger partial charge in [-0.05, 0) is 55.7 Å². The average molecular weight is 438 g/mol. The third-order valence-electron chi connectivity index (χ3n) is 5.00. The third-order valence-corrected chi connectivity index (χ3v) is 6.91. The van der Waals surface area contributed by atoms with E-state index in [2.05, 4.69) is 5.32 Å². The molecule has 1 aliphatic heterocycles. The summed E-state index contributed by atoms with van der Waals surface area (Å²) in [5.74, 6) is -1.60. The Morgan fingerprint density at radius 1 is 1.17 bits per heavy atom. The number of benzene rings is 2. The van der Waals surface area contributed by atoms with Crippen LogP contribution in [0.15, 0.2) is 47.4 Å². The van der Waals surface area contributed by atoms with Gasteiger partial charge in [-0.2, -0.15) is 4.31 Å². The molecule has 30 heavy (non-hydrogen) atoms. The number of rotatable bonds is 7. The van der Waals surface area contributed by atoms with Crippen molar-refractivity contribution in [3.8, 4) is 5.75 Å². The van der Waals surface area contributed by atoms with Crippen molar-refractivity contribution in [3.63, 3.8) is 0 Å². The second-order valence-corrected chi connectivity index (χ2v) is 9.12. The van der Waals surface area contributed by atoms with Crippen molar-refractivity contribution < 1.29 is 26.7 Å². The van der Waals surface area contributed by atoms with Gasteiger partial charge in [-0.25, -0.2) is 17.2 Å². The van der Waals surface area contributed by atoms with Crippen LogP contribution in [-0.2, 0) is 14.8 Å². The van der Waals surface area contributed by atoms with Crippen molar-refractivity contribution in [3.05, 3.63) is 59.7 Å². The Labute approximate surface area is 174 Å². The number of nitrogens with zero attached hydrogens (tertiary/aromatic N) is 1. The molecule has 0 saturated carbocycles. The molecule has 3 rings (SSSR count). The maximum absolute atomic E-state index is 13.9. The highest BCUT2D eigenvalue weighted by Crippen LogP contribution is 2.26. The summed E-state index contributed by atoms with van der Waals surface area (Å²) in [5.41, 5.74) is 1.08. The number of piperidine rings is 1. The number of amides is 1. The third kappa shape index (κ3) is 5.34. The van der Waals surface area contributed by atoms with Crippen LogP contribution in [0.3, 0.4) is 0 Å². The summed E-state index contributed by atoms with van der Waals surface area (Å²) < 4.78 is 59.2. The fourth-order valence-electron chi connectivity index (χ4n) is 3.36. The average Bonchev–Trinajstić information content (AvgIpc) is 2.73. The van der Waals surface area contributed by atoms with Crippen LogP contribution in [0.25, 0.3) is 0 Å². The van der Waals surface area contributed by atoms with Gasteiger partial charge in [-0.3, -0.25) is 4.79 Å². The zero-order chi connectivity index (χ0) is 21.7. The lowest BCUT2D eigenvalue weighted by Crippen LogP contribution is -2.43. The van der Waals surface area contributed by atoms with Crippen LogP contribution in [0.1, 0.15) is 18.4 Å². The van der Waals surface area contributed by atoms with E-state index in [1.165, 1.54) is 0 Å². The van der Waals surface area contributed by atoms with Crippen molar-refractivity contribution in [1.29, 1.82) is 0 Å². The highest BCUT2D eigenvalue weighted by Gasteiger charge is 2.33. The number of carbonyl (C=O) groups is 1. The van der Waals surface area contributed by atoms with Gasteiger partial charge >= 0.3 is 0 Å². The second-order valence-electron chi connectivity index (χ2n) is 7.21. The van der Waals surface area contributed by atoms with E-state index in [1.54, 1.807) is 0 Å². The van der Waals surface area contributed by atoms with Gasteiger partial charge in [0.1, 0.15) is 28.9 Å². The molecule has 1 heterocycles. The van der Waals surface area contributed by atoms with Crippen molar-refractivity contribution in [2.75, 3.05) is 26.2 Å². The molecule has 0 aliphatic carbocycles. The molecule has 1 saturated heterocycles. The van der Waals surface area contributed by atoms with E-state index in [0.717, 1.165) is 27.8 Å². The van der Waals surface area contributed by atoms with Gasteiger partial charge in [0, 0.05) is 19.0 Å². The number of sulfonamides is 1. The molecule has 0 spiro atoms. The summed E-state index contributed by atoms with van der Waals surface area (Å²) in [6.07, 6.45) is 0.613. The van der Waals surface area contributed by atoms with Gasteiger partial charge in [-0.1, -0.05) is 12.1 Å². The zero-order valence-electron chi connectivity index (χ0n) is 16.6. The van der Waals surface area contributed by atoms with E-state index in [4.69, 9.17) is 4.74 Å². The fraction of sp³-hybridized carbons (Fsp3) is 0.381. The van der Waals surface area contributed by atoms with Crippen LogP contribution in [0.4, 0.5) is 8.78 Å². The molecule has 0 unspecified atom stereocenters. The number of nitrogens with one attached hydrogen (secondary N) is 1. The van der Waals surface area contributed by atoms with Gasteiger partial charge in [0.15, 0.2) is 0 Å². The molecule has 2 aromatic rings. The first-order valence-electron chi connectivity index (χ1n) is 9.70. The Bertz CT molecular complexity index is 1010. The Hall–Kier alpha value is -2.52. The molecule has 162 valence electrons. The first-order valence-corrected chi connectivity index (χ1v) is 11.1. The first kappa shape index (κ1) is 22.2. The van der Waals surface area contributed by atoms with Crippen LogP contribution in [0.2, 0.25) is 0 Å². The number of carbonyl (C=O) groups excluding carboxylic acids is 1. The quantitative estimate of drug-likeness (QED) is 0.675. The highest BCUT2D eigenvalue weighted by atomic mass is 32.2. The minimum absolute atomic E-state index is 0.0656. The van der Waals surface area contributed by atoms with E-state index in [-0.39, 0.29) is 24.9 Å². The van der Waals surface area contributed by atoms with E-state index < -0.39 is 26.6 Å². The van der Waals surface area contributed by atoms with Crippen molar-refractivity contribution in [1.82, 2.24) is 9.62 Å². The number of aryl methyl sites for hydroxylation is 1. The molecule has 1 N–H and O–H groups in total. The smallest absolute Gasteiger partial charge is 0.246 e. The Kier molecular flexibility index (Phi) is 7.04. The predicted molar refractivity (Wildman–Crippen MR) is 108 cm³/mol. The minimum atomic E-state index is -4.15. The van der Waals surface area contributed by atoms with Crippen LogP contribution >= 0.6 is 0 Å². The maximum atomic E-state index is 13.9. The van der Waals surface area contributed by atoms with Gasteiger partial charge < -0.3 is 10.1 Å². The molecule has 1 amide bonds. The molecule has 2 aromatic carbocycles. The second kappa shape index (κ2) is 9.53. The molecule has 0 bridgehead atoms. The van der Waals surface area contributed by atoms with Crippen molar-refractivity contribution in [2.45, 2.75) is 24.7 Å². The SMILES string of the molecule is Cc1cccc(OCCNC(=O)C2CCN(S(=O)(=O)c3cc(F)ccc3F)CC2)c1. The molecule has 1 aliphatic rings. The van der Waals surface area contributed by atoms with Crippen molar-refractivity contribution in [2.24, 2.45) is 5.92 Å². The van der Waals surface area contributed by atoms with Gasteiger partial charge in [-0.15, -0.1) is 0 Å². The highest BCUT2D eigenvalue weighted by molar-refractivity contribution is 7.89. The summed E-state index contributed by atoms with van der Waals surface area (Å²) in [4.78, 5) is 11.7. The predicted octanol–water partition coefficient (Wildman–Crippen LogP) is 2.87. The lowest BCUT2D eigenvalue weighted by Gasteiger charge is -2.30. The molecule has 0 aromatic heterocycles. The first-order chi connectivity index (χ1) is 14.3. The van der Waals surface area contributed by atoms with Crippen LogP contribution in [0.5, 0.6) is 5.75 Å². The standard InChI is InChI=1S/C21H24F2N2O4S/c1-15-3-2-4-18(13-15)29-12-9-24-21(26)16-7-10-25(11-8-16)30(27,28)20-14-17(22)5-6-19(20)23/h2-6,13-14,16H,7-12H2,1H3,(H,24,26). The molecule has 0 radical (unpaired) electrons. The molecular formula is C21H24F2N2O4S. The topological polar surface area (TPSA) is 75.7 Å². The molecular weight excluding hydrogens is 414 g/mol. The maximum Gasteiger partial charge on any atom is 0.246 e. The molecule has 0 atom stereocenters. The molecule has 6 nitrogen and oxygen atoms in total. The number of halogens is 2. The number of ether oxygens (including phenoxy) is 1. The summed E-state index contributed by atoms with van der Waals surface area (Å²) in [6, 6.07) is 9.93. The number of hydrogen-bond acceptors (Lipinski definition) is 4. The Morgan fingerprint density at radius 3 is 2.60 bits per heavy atom. The van der Waals surface area contributed by atoms with Crippen LogP contribution in [0, 0.1) is 24.5 Å². The fourth-order valence-corrected chi connectivity index (χ4v) is 4.91. The zero-order valence-corrected chi connectivity index (χ0v) is 17.4. The van der Waals surface area contributed by atoms with Gasteiger partial charge in [0.2, 0.25) is 15.9 Å². The van der Waals surface area contributed by atoms with E-state index in [0.29, 0.717) is 32.1 Å². The monoisotopic (exact) mass is 438 g/mol. The van der Waals surface area contributed by atoms with E-state index in [9.17, 15) is 22.0 Å². The summed E-state index contributed by atoms with van der Waals surface area (Å²) >= 11 is 0. The Morgan fingerprint density at radius 2 is 1.90 bits per heavy atom. The van der Waals surface area contributed by atoms with E-state index >= 15 is 0 Å². The Balaban J connectivity index is 1.47. The summed E-state index contributed by atoms with van der Waals surface area (Å²) in [5, 5.41) is 2.80. The number of hydrogen-bond donors (Lipinski definition) is 1. The largest absolute Gasteiger partial charge is 0.492 e. The van der Waals surface area contributed by atoms with Crippen LogP contribution in [-0.4, -0.2) is 44.9 Å². The van der Waals surface area contributed by atoms with Gasteiger partial charge in [0.25, 0.3) is 0 Å². The lowest BCUT2D eigenvalue weighted by molar-refractivity contribution is -0.126. The normalized spacial score (nSPS) is 15.7. The lowest BCUT2D eigenvalue weighted by atomic mass is 9.97.